The number of likely N-dealkylation sites (tertiary alicyclic amines) is 1. The van der Waals surface area contributed by atoms with Crippen molar-refractivity contribution in [1.82, 2.24) is 4.90 Å². The monoisotopic (exact) mass is 141 g/mol. The molecule has 10 heavy (non-hydrogen) atoms. The third-order valence-electron chi connectivity index (χ3n) is 2.87. The highest BCUT2D eigenvalue weighted by atomic mass is 16.3. The number of piperidine rings is 1. The Bertz CT molecular complexity index is 132. The Balaban J connectivity index is 2.06. The van der Waals surface area contributed by atoms with E-state index in [4.69, 9.17) is 0 Å². The first kappa shape index (κ1) is 6.62. The van der Waals surface area contributed by atoms with E-state index in [1.54, 1.807) is 0 Å². The molecule has 0 aromatic carbocycles. The summed E-state index contributed by atoms with van der Waals surface area (Å²) in [5.41, 5.74) is 0. The normalized spacial score (nSPS) is 48.0. The summed E-state index contributed by atoms with van der Waals surface area (Å²) in [4.78, 5) is 2.34. The summed E-state index contributed by atoms with van der Waals surface area (Å²) in [5.74, 6) is 1.38. The van der Waals surface area contributed by atoms with Crippen molar-refractivity contribution in [3.63, 3.8) is 0 Å². The second kappa shape index (κ2) is 2.21. The second-order valence-corrected chi connectivity index (χ2v) is 3.89. The molecule has 0 spiro atoms. The minimum absolute atomic E-state index is 0.00921. The van der Waals surface area contributed by atoms with Gasteiger partial charge >= 0.3 is 0 Å². The maximum absolute atomic E-state index is 9.49. The Morgan fingerprint density at radius 3 is 2.80 bits per heavy atom. The van der Waals surface area contributed by atoms with Gasteiger partial charge in [-0.05, 0) is 31.7 Å². The molecule has 0 aromatic heterocycles. The van der Waals surface area contributed by atoms with Gasteiger partial charge in [0, 0.05) is 13.1 Å². The SMILES string of the molecule is CN1C[C@@H]2C[C@H](C1)[C@H](O)C2. The van der Waals surface area contributed by atoms with E-state index in [2.05, 4.69) is 11.9 Å². The molecule has 1 aliphatic carbocycles. The van der Waals surface area contributed by atoms with Crippen molar-refractivity contribution in [3.05, 3.63) is 0 Å². The van der Waals surface area contributed by atoms with Crippen molar-refractivity contribution in [2.75, 3.05) is 20.1 Å². The van der Waals surface area contributed by atoms with Gasteiger partial charge in [0.1, 0.15) is 0 Å². The zero-order valence-electron chi connectivity index (χ0n) is 6.45. The molecular formula is C8H15NO. The van der Waals surface area contributed by atoms with Crippen LogP contribution in [-0.2, 0) is 0 Å². The maximum Gasteiger partial charge on any atom is 0.0583 e. The summed E-state index contributed by atoms with van der Waals surface area (Å²) < 4.78 is 0. The highest BCUT2D eigenvalue weighted by molar-refractivity contribution is 4.90. The molecule has 3 atom stereocenters. The van der Waals surface area contributed by atoms with Gasteiger partial charge in [-0.1, -0.05) is 0 Å². The van der Waals surface area contributed by atoms with Gasteiger partial charge in [-0.2, -0.15) is 0 Å². The maximum atomic E-state index is 9.49. The second-order valence-electron chi connectivity index (χ2n) is 3.89. The Morgan fingerprint density at radius 2 is 2.10 bits per heavy atom. The molecule has 2 nitrogen and oxygen atoms in total. The number of nitrogens with zero attached hydrogens (tertiary/aromatic N) is 1. The number of aliphatic hydroxyl groups is 1. The lowest BCUT2D eigenvalue weighted by Crippen LogP contribution is -2.34. The highest BCUT2D eigenvalue weighted by Crippen LogP contribution is 2.35. The molecule has 1 saturated heterocycles. The van der Waals surface area contributed by atoms with Gasteiger partial charge in [0.05, 0.1) is 6.10 Å². The molecule has 2 rings (SSSR count). The fraction of sp³-hybridized carbons (Fsp3) is 1.00. The minimum Gasteiger partial charge on any atom is -0.393 e. The van der Waals surface area contributed by atoms with Crippen LogP contribution in [0.25, 0.3) is 0 Å². The molecule has 0 unspecified atom stereocenters. The Morgan fingerprint density at radius 1 is 1.30 bits per heavy atom. The lowest BCUT2D eigenvalue weighted by Gasteiger charge is -2.28. The summed E-state index contributed by atoms with van der Waals surface area (Å²) in [5, 5.41) is 9.49. The van der Waals surface area contributed by atoms with Gasteiger partial charge in [0.2, 0.25) is 0 Å². The molecule has 2 bridgehead atoms. The average Bonchev–Trinajstić information content (AvgIpc) is 2.07. The van der Waals surface area contributed by atoms with E-state index in [1.807, 2.05) is 0 Å². The van der Waals surface area contributed by atoms with E-state index in [0.29, 0.717) is 5.92 Å². The topological polar surface area (TPSA) is 23.5 Å². The molecule has 1 aliphatic heterocycles. The summed E-state index contributed by atoms with van der Waals surface area (Å²) >= 11 is 0. The first-order chi connectivity index (χ1) is 4.75. The Kier molecular flexibility index (Phi) is 1.46. The minimum atomic E-state index is 0.00921. The van der Waals surface area contributed by atoms with Crippen LogP contribution < -0.4 is 0 Å². The zero-order chi connectivity index (χ0) is 7.14. The predicted molar refractivity (Wildman–Crippen MR) is 39.7 cm³/mol. The van der Waals surface area contributed by atoms with E-state index in [-0.39, 0.29) is 6.10 Å². The van der Waals surface area contributed by atoms with Crippen molar-refractivity contribution in [2.45, 2.75) is 18.9 Å². The van der Waals surface area contributed by atoms with Gasteiger partial charge in [-0.3, -0.25) is 0 Å². The number of aliphatic hydroxyl groups excluding tert-OH is 1. The molecule has 2 fully saturated rings. The molecule has 2 heteroatoms. The molecular weight excluding hydrogens is 126 g/mol. The Labute approximate surface area is 61.8 Å². The summed E-state index contributed by atoms with van der Waals surface area (Å²) in [6.45, 7) is 2.31. The van der Waals surface area contributed by atoms with Crippen LogP contribution in [0.5, 0.6) is 0 Å². The lowest BCUT2D eigenvalue weighted by molar-refractivity contribution is 0.112. The summed E-state index contributed by atoms with van der Waals surface area (Å²) in [6, 6.07) is 0. The number of fused-ring (bicyclic) bond motifs is 2. The van der Waals surface area contributed by atoms with Crippen molar-refractivity contribution in [3.8, 4) is 0 Å². The van der Waals surface area contributed by atoms with Crippen molar-refractivity contribution in [2.24, 2.45) is 11.8 Å². The van der Waals surface area contributed by atoms with Crippen molar-refractivity contribution >= 4 is 0 Å². The lowest BCUT2D eigenvalue weighted by atomic mass is 9.99. The van der Waals surface area contributed by atoms with Gasteiger partial charge in [0.25, 0.3) is 0 Å². The fourth-order valence-corrected chi connectivity index (χ4v) is 2.48. The van der Waals surface area contributed by atoms with Gasteiger partial charge in [-0.25, -0.2) is 0 Å². The van der Waals surface area contributed by atoms with Gasteiger partial charge in [0.15, 0.2) is 0 Å². The van der Waals surface area contributed by atoms with Crippen molar-refractivity contribution in [1.29, 1.82) is 0 Å². The smallest absolute Gasteiger partial charge is 0.0583 e. The standard InChI is InChI=1S/C8H15NO/c1-9-4-6-2-7(5-9)8(10)3-6/h6-8,10H,2-5H2,1H3/t6-,7-,8-/m1/s1. The van der Waals surface area contributed by atoms with E-state index in [1.165, 1.54) is 13.0 Å². The van der Waals surface area contributed by atoms with Crippen LogP contribution in [-0.4, -0.2) is 36.2 Å². The number of rotatable bonds is 0. The number of hydrogen-bond donors (Lipinski definition) is 1. The van der Waals surface area contributed by atoms with Crippen LogP contribution in [0.1, 0.15) is 12.8 Å². The van der Waals surface area contributed by atoms with Crippen LogP contribution in [0.2, 0.25) is 0 Å². The summed E-state index contributed by atoms with van der Waals surface area (Å²) in [7, 11) is 2.15. The first-order valence-corrected chi connectivity index (χ1v) is 4.12. The molecule has 0 radical (unpaired) electrons. The molecule has 1 N–H and O–H groups in total. The molecule has 1 saturated carbocycles. The Hall–Kier alpha value is -0.0800. The average molecular weight is 141 g/mol. The van der Waals surface area contributed by atoms with Crippen LogP contribution in [0.4, 0.5) is 0 Å². The highest BCUT2D eigenvalue weighted by Gasteiger charge is 2.37. The van der Waals surface area contributed by atoms with Crippen LogP contribution in [0.3, 0.4) is 0 Å². The first-order valence-electron chi connectivity index (χ1n) is 4.12. The zero-order valence-corrected chi connectivity index (χ0v) is 6.45. The third kappa shape index (κ3) is 0.956. The van der Waals surface area contributed by atoms with Gasteiger partial charge < -0.3 is 10.0 Å². The largest absolute Gasteiger partial charge is 0.393 e. The third-order valence-corrected chi connectivity index (χ3v) is 2.87. The predicted octanol–water partition coefficient (Wildman–Crippen LogP) is 0.319. The molecule has 1 heterocycles. The fourth-order valence-electron chi connectivity index (χ4n) is 2.48. The number of hydrogen-bond acceptors (Lipinski definition) is 2. The van der Waals surface area contributed by atoms with Crippen molar-refractivity contribution < 1.29 is 5.11 Å². The van der Waals surface area contributed by atoms with E-state index in [0.717, 1.165) is 18.9 Å². The van der Waals surface area contributed by atoms with Gasteiger partial charge in [-0.15, -0.1) is 0 Å². The van der Waals surface area contributed by atoms with Crippen LogP contribution in [0, 0.1) is 11.8 Å². The van der Waals surface area contributed by atoms with E-state index in [9.17, 15) is 5.11 Å². The molecule has 2 aliphatic rings. The molecule has 0 aromatic rings. The van der Waals surface area contributed by atoms with Crippen LogP contribution in [0.15, 0.2) is 0 Å². The molecule has 58 valence electrons. The van der Waals surface area contributed by atoms with Crippen LogP contribution >= 0.6 is 0 Å². The quantitative estimate of drug-likeness (QED) is 0.525. The van der Waals surface area contributed by atoms with E-state index >= 15 is 0 Å². The summed E-state index contributed by atoms with van der Waals surface area (Å²) in [6.07, 6.45) is 2.33. The molecule has 0 amide bonds. The van der Waals surface area contributed by atoms with E-state index < -0.39 is 0 Å².